The third kappa shape index (κ3) is 2.52. The number of rotatable bonds is 4. The molecule has 1 N–H and O–H groups in total. The van der Waals surface area contributed by atoms with Crippen LogP contribution in [0.25, 0.3) is 0 Å². The molecule has 2 nitrogen and oxygen atoms in total. The highest BCUT2D eigenvalue weighted by Gasteiger charge is 2.46. The zero-order chi connectivity index (χ0) is 13.3. The molecule has 1 amide bonds. The van der Waals surface area contributed by atoms with E-state index in [9.17, 15) is 13.6 Å². The van der Waals surface area contributed by atoms with E-state index in [0.717, 1.165) is 18.9 Å². The molecule has 18 heavy (non-hydrogen) atoms. The molecule has 0 saturated heterocycles. The first-order valence-corrected chi connectivity index (χ1v) is 6.18. The van der Waals surface area contributed by atoms with Crippen LogP contribution in [0.3, 0.4) is 0 Å². The van der Waals surface area contributed by atoms with Crippen molar-refractivity contribution in [3.05, 3.63) is 35.4 Å². The molecule has 0 aliphatic heterocycles. The second-order valence-electron chi connectivity index (χ2n) is 5.28. The van der Waals surface area contributed by atoms with Crippen molar-refractivity contribution in [2.24, 2.45) is 5.92 Å². The second-order valence-corrected chi connectivity index (χ2v) is 5.28. The summed E-state index contributed by atoms with van der Waals surface area (Å²) in [5.74, 6) is -1.22. The van der Waals surface area contributed by atoms with Crippen molar-refractivity contribution in [3.8, 4) is 0 Å². The largest absolute Gasteiger partial charge is 0.355 e. The number of hydrogen-bond acceptors (Lipinski definition) is 1. The average Bonchev–Trinajstić information content (AvgIpc) is 3.06. The maximum atomic E-state index is 13.7. The van der Waals surface area contributed by atoms with Crippen molar-refractivity contribution in [3.63, 3.8) is 0 Å². The first kappa shape index (κ1) is 13.0. The summed E-state index contributed by atoms with van der Waals surface area (Å²) in [5.41, 5.74) is 0.176. The van der Waals surface area contributed by atoms with E-state index in [2.05, 4.69) is 5.32 Å². The van der Waals surface area contributed by atoms with Crippen molar-refractivity contribution in [2.75, 3.05) is 6.54 Å². The quantitative estimate of drug-likeness (QED) is 0.878. The van der Waals surface area contributed by atoms with Crippen LogP contribution < -0.4 is 5.32 Å². The minimum atomic E-state index is -0.571. The molecular weight excluding hydrogens is 236 g/mol. The Bertz CT molecular complexity index is 467. The highest BCUT2D eigenvalue weighted by atomic mass is 19.1. The summed E-state index contributed by atoms with van der Waals surface area (Å²) in [6.07, 6.45) is 1.65. The highest BCUT2D eigenvalue weighted by molar-refractivity contribution is 5.78. The van der Waals surface area contributed by atoms with Gasteiger partial charge < -0.3 is 5.32 Å². The fourth-order valence-corrected chi connectivity index (χ4v) is 2.07. The minimum Gasteiger partial charge on any atom is -0.355 e. The summed E-state index contributed by atoms with van der Waals surface area (Å²) >= 11 is 0. The molecule has 1 aliphatic rings. The molecule has 2 rings (SSSR count). The predicted molar refractivity (Wildman–Crippen MR) is 65.1 cm³/mol. The molecule has 1 aliphatic carbocycles. The van der Waals surface area contributed by atoms with Gasteiger partial charge in [-0.15, -0.1) is 0 Å². The van der Waals surface area contributed by atoms with Crippen molar-refractivity contribution in [1.82, 2.24) is 5.32 Å². The monoisotopic (exact) mass is 253 g/mol. The van der Waals surface area contributed by atoms with Gasteiger partial charge in [-0.1, -0.05) is 19.9 Å². The molecule has 4 heteroatoms. The standard InChI is InChI=1S/C14H17F2NO/c1-9(2)13(18)17-8-14(5-6-14)11-4-3-10(15)7-12(11)16/h3-4,7,9H,5-6,8H2,1-2H3,(H,17,18). The first-order valence-electron chi connectivity index (χ1n) is 6.18. The van der Waals surface area contributed by atoms with Crippen molar-refractivity contribution in [2.45, 2.75) is 32.1 Å². The molecule has 0 atom stereocenters. The number of halogens is 2. The van der Waals surface area contributed by atoms with E-state index in [0.29, 0.717) is 12.1 Å². The summed E-state index contributed by atoms with van der Waals surface area (Å²) in [5, 5.41) is 2.83. The predicted octanol–water partition coefficient (Wildman–Crippen LogP) is 2.77. The van der Waals surface area contributed by atoms with Gasteiger partial charge in [-0.25, -0.2) is 8.78 Å². The molecule has 0 bridgehead atoms. The van der Waals surface area contributed by atoms with Gasteiger partial charge in [0.2, 0.25) is 5.91 Å². The molecule has 1 aromatic rings. The van der Waals surface area contributed by atoms with Gasteiger partial charge in [-0.2, -0.15) is 0 Å². The van der Waals surface area contributed by atoms with E-state index < -0.39 is 11.6 Å². The Morgan fingerprint density at radius 1 is 1.39 bits per heavy atom. The van der Waals surface area contributed by atoms with Crippen LogP contribution in [-0.4, -0.2) is 12.5 Å². The Balaban J connectivity index is 2.10. The summed E-state index contributed by atoms with van der Waals surface area (Å²) in [4.78, 5) is 11.5. The van der Waals surface area contributed by atoms with Crippen LogP contribution in [0.1, 0.15) is 32.3 Å². The molecular formula is C14H17F2NO. The van der Waals surface area contributed by atoms with Crippen LogP contribution in [0.15, 0.2) is 18.2 Å². The second kappa shape index (κ2) is 4.67. The molecule has 0 aromatic heterocycles. The normalized spacial score (nSPS) is 16.7. The molecule has 1 fully saturated rings. The molecule has 0 radical (unpaired) electrons. The fourth-order valence-electron chi connectivity index (χ4n) is 2.07. The Morgan fingerprint density at radius 3 is 2.56 bits per heavy atom. The third-order valence-electron chi connectivity index (χ3n) is 3.48. The van der Waals surface area contributed by atoms with Crippen LogP contribution in [-0.2, 0) is 10.2 Å². The van der Waals surface area contributed by atoms with Crippen LogP contribution in [0.5, 0.6) is 0 Å². The maximum absolute atomic E-state index is 13.7. The van der Waals surface area contributed by atoms with Gasteiger partial charge in [-0.05, 0) is 24.5 Å². The summed E-state index contributed by atoms with van der Waals surface area (Å²) < 4.78 is 26.6. The Hall–Kier alpha value is -1.45. The fraction of sp³-hybridized carbons (Fsp3) is 0.500. The van der Waals surface area contributed by atoms with E-state index in [1.54, 1.807) is 0 Å². The smallest absolute Gasteiger partial charge is 0.222 e. The minimum absolute atomic E-state index is 0.0382. The van der Waals surface area contributed by atoms with E-state index >= 15 is 0 Å². The van der Waals surface area contributed by atoms with Gasteiger partial charge in [0.1, 0.15) is 11.6 Å². The van der Waals surface area contributed by atoms with Gasteiger partial charge in [0, 0.05) is 23.9 Å². The van der Waals surface area contributed by atoms with Gasteiger partial charge in [0.05, 0.1) is 0 Å². The van der Waals surface area contributed by atoms with Crippen LogP contribution in [0.4, 0.5) is 8.78 Å². The molecule has 0 heterocycles. The van der Waals surface area contributed by atoms with Crippen LogP contribution in [0.2, 0.25) is 0 Å². The zero-order valence-corrected chi connectivity index (χ0v) is 10.6. The van der Waals surface area contributed by atoms with Gasteiger partial charge in [0.15, 0.2) is 0 Å². The van der Waals surface area contributed by atoms with E-state index in [4.69, 9.17) is 0 Å². The maximum Gasteiger partial charge on any atom is 0.222 e. The van der Waals surface area contributed by atoms with E-state index in [1.165, 1.54) is 12.1 Å². The van der Waals surface area contributed by atoms with Crippen molar-refractivity contribution in [1.29, 1.82) is 0 Å². The van der Waals surface area contributed by atoms with E-state index in [1.807, 2.05) is 13.8 Å². The lowest BCUT2D eigenvalue weighted by molar-refractivity contribution is -0.124. The summed E-state index contributed by atoms with van der Waals surface area (Å²) in [6, 6.07) is 3.65. The van der Waals surface area contributed by atoms with Crippen molar-refractivity contribution >= 4 is 5.91 Å². The molecule has 0 unspecified atom stereocenters. The number of nitrogens with one attached hydrogen (secondary N) is 1. The number of hydrogen-bond donors (Lipinski definition) is 1. The summed E-state index contributed by atoms with van der Waals surface area (Å²) in [6.45, 7) is 4.05. The van der Waals surface area contributed by atoms with Crippen molar-refractivity contribution < 1.29 is 13.6 Å². The lowest BCUT2D eigenvalue weighted by Crippen LogP contribution is -2.35. The number of carbonyl (C=O) groups excluding carboxylic acids is 1. The first-order chi connectivity index (χ1) is 8.44. The van der Waals surface area contributed by atoms with Crippen LogP contribution in [0, 0.1) is 17.6 Å². The lowest BCUT2D eigenvalue weighted by atomic mass is 9.95. The Labute approximate surface area is 105 Å². The third-order valence-corrected chi connectivity index (χ3v) is 3.48. The molecule has 1 aromatic carbocycles. The topological polar surface area (TPSA) is 29.1 Å². The van der Waals surface area contributed by atoms with Gasteiger partial charge in [0.25, 0.3) is 0 Å². The molecule has 0 spiro atoms. The lowest BCUT2D eigenvalue weighted by Gasteiger charge is -2.18. The highest BCUT2D eigenvalue weighted by Crippen LogP contribution is 2.48. The number of amides is 1. The number of benzene rings is 1. The van der Waals surface area contributed by atoms with Gasteiger partial charge >= 0.3 is 0 Å². The SMILES string of the molecule is CC(C)C(=O)NCC1(c2ccc(F)cc2F)CC1. The number of carbonyl (C=O) groups is 1. The zero-order valence-electron chi connectivity index (χ0n) is 10.6. The summed E-state index contributed by atoms with van der Waals surface area (Å²) in [7, 11) is 0. The van der Waals surface area contributed by atoms with Crippen LogP contribution >= 0.6 is 0 Å². The average molecular weight is 253 g/mol. The molecule has 98 valence electrons. The van der Waals surface area contributed by atoms with Gasteiger partial charge in [-0.3, -0.25) is 4.79 Å². The molecule has 1 saturated carbocycles. The Morgan fingerprint density at radius 2 is 2.06 bits per heavy atom. The van der Waals surface area contributed by atoms with E-state index in [-0.39, 0.29) is 17.2 Å². The Kier molecular flexibility index (Phi) is 3.37.